The van der Waals surface area contributed by atoms with Crippen molar-refractivity contribution < 1.29 is 24.1 Å². The summed E-state index contributed by atoms with van der Waals surface area (Å²) in [6.45, 7) is 15.7. The van der Waals surface area contributed by atoms with Gasteiger partial charge in [-0.3, -0.25) is 4.90 Å². The first-order chi connectivity index (χ1) is 22.5. The highest BCUT2D eigenvalue weighted by atomic mass is 16.7. The molecule has 7 nitrogen and oxygen atoms in total. The van der Waals surface area contributed by atoms with E-state index in [-0.39, 0.29) is 31.3 Å². The first kappa shape index (κ1) is 33.4. The zero-order chi connectivity index (χ0) is 33.2. The Morgan fingerprint density at radius 3 is 2.47 bits per heavy atom. The van der Waals surface area contributed by atoms with E-state index in [1.54, 1.807) is 6.08 Å². The molecule has 3 aromatic carbocycles. The maximum atomic E-state index is 11.9. The van der Waals surface area contributed by atoms with Crippen molar-refractivity contribution in [3.8, 4) is 11.1 Å². The van der Waals surface area contributed by atoms with E-state index in [1.165, 1.54) is 19.3 Å². The van der Waals surface area contributed by atoms with Crippen molar-refractivity contribution in [2.45, 2.75) is 84.6 Å². The van der Waals surface area contributed by atoms with Gasteiger partial charge in [-0.2, -0.15) is 0 Å². The Bertz CT molecular complexity index is 1540. The van der Waals surface area contributed by atoms with Gasteiger partial charge in [0.15, 0.2) is 6.29 Å². The normalized spacial score (nSPS) is 28.5. The van der Waals surface area contributed by atoms with Crippen LogP contribution in [0.2, 0.25) is 0 Å². The second-order valence-corrected chi connectivity index (χ2v) is 15.0. The van der Waals surface area contributed by atoms with Gasteiger partial charge in [-0.05, 0) is 64.0 Å². The Balaban J connectivity index is 1.20. The molecule has 1 aliphatic carbocycles. The number of likely N-dealkylation sites (tertiary alicyclic amines) is 1. The molecule has 3 aliphatic rings. The monoisotopic (exact) mass is 638 g/mol. The molecule has 2 saturated heterocycles. The van der Waals surface area contributed by atoms with Crippen LogP contribution >= 0.6 is 0 Å². The minimum atomic E-state index is -0.501. The average Bonchev–Trinajstić information content (AvgIpc) is 3.30. The number of ether oxygens (including phenoxy) is 3. The third-order valence-corrected chi connectivity index (χ3v) is 10.3. The molecule has 250 valence electrons. The van der Waals surface area contributed by atoms with Gasteiger partial charge in [0.2, 0.25) is 0 Å². The van der Waals surface area contributed by atoms with Crippen LogP contribution in [0.3, 0.4) is 0 Å². The zero-order valence-electron chi connectivity index (χ0n) is 28.3. The predicted molar refractivity (Wildman–Crippen MR) is 184 cm³/mol. The van der Waals surface area contributed by atoms with Gasteiger partial charge in [0, 0.05) is 37.2 Å². The summed E-state index contributed by atoms with van der Waals surface area (Å²) >= 11 is 0. The van der Waals surface area contributed by atoms with Gasteiger partial charge >= 0.3 is 6.09 Å². The minimum absolute atomic E-state index is 0.00404. The smallest absolute Gasteiger partial charge is 0.407 e. The number of hydrogen-bond donors (Lipinski definition) is 2. The number of carbonyl (C=O) groups is 1. The lowest BCUT2D eigenvalue weighted by molar-refractivity contribution is -0.276. The molecule has 6 atom stereocenters. The summed E-state index contributed by atoms with van der Waals surface area (Å²) in [5, 5.41) is 12.4. The lowest BCUT2D eigenvalue weighted by atomic mass is 9.65. The summed E-state index contributed by atoms with van der Waals surface area (Å²) in [5.74, 6) is 0.150. The molecule has 7 heteroatoms. The SMILES string of the molecule is C=CCOC(=O)NCc1cccc(-c2ccc([C@@H]3O[C@H](CN4CC5(C)CC4CC(C)(C)C5)[C@H](C)[C@H](c4ccc(CO)cc4)O3)cc2)c1. The number of rotatable bonds is 10. The molecule has 3 fully saturated rings. The molecule has 0 spiro atoms. The van der Waals surface area contributed by atoms with Gasteiger partial charge in [-0.15, -0.1) is 0 Å². The Morgan fingerprint density at radius 2 is 1.74 bits per heavy atom. The second kappa shape index (κ2) is 13.9. The fraction of sp³-hybridized carbons (Fsp3) is 0.475. The molecule has 1 saturated carbocycles. The third-order valence-electron chi connectivity index (χ3n) is 10.3. The van der Waals surface area contributed by atoms with E-state index in [0.29, 0.717) is 23.4 Å². The zero-order valence-corrected chi connectivity index (χ0v) is 28.3. The van der Waals surface area contributed by atoms with E-state index in [0.717, 1.165) is 46.5 Å². The molecule has 2 heterocycles. The molecular weight excluding hydrogens is 588 g/mol. The molecule has 47 heavy (non-hydrogen) atoms. The lowest BCUT2D eigenvalue weighted by Gasteiger charge is -2.43. The molecule has 6 rings (SSSR count). The number of benzene rings is 3. The molecule has 0 aromatic heterocycles. The number of fused-ring (bicyclic) bond motifs is 2. The highest BCUT2D eigenvalue weighted by Crippen LogP contribution is 2.53. The van der Waals surface area contributed by atoms with Crippen LogP contribution in [0.1, 0.15) is 81.6 Å². The van der Waals surface area contributed by atoms with Crippen LogP contribution in [0.25, 0.3) is 11.1 Å². The molecule has 2 N–H and O–H groups in total. The summed E-state index contributed by atoms with van der Waals surface area (Å²) in [6.07, 6.45) is 4.21. The highest BCUT2D eigenvalue weighted by molar-refractivity contribution is 5.68. The highest BCUT2D eigenvalue weighted by Gasteiger charge is 2.51. The van der Waals surface area contributed by atoms with Crippen molar-refractivity contribution in [2.24, 2.45) is 16.7 Å². The quantitative estimate of drug-likeness (QED) is 0.220. The van der Waals surface area contributed by atoms with Crippen LogP contribution in [0.4, 0.5) is 4.79 Å². The summed E-state index contributed by atoms with van der Waals surface area (Å²) in [5.41, 5.74) is 6.82. The minimum Gasteiger partial charge on any atom is -0.445 e. The molecule has 3 aromatic rings. The molecule has 2 unspecified atom stereocenters. The number of hydrogen-bond acceptors (Lipinski definition) is 6. The Morgan fingerprint density at radius 1 is 1.00 bits per heavy atom. The van der Waals surface area contributed by atoms with E-state index in [4.69, 9.17) is 14.2 Å². The Kier molecular flexibility index (Phi) is 9.90. The van der Waals surface area contributed by atoms with Gasteiger partial charge in [0.1, 0.15) is 6.61 Å². The summed E-state index contributed by atoms with van der Waals surface area (Å²) in [7, 11) is 0. The second-order valence-electron chi connectivity index (χ2n) is 15.0. The number of amides is 1. The summed E-state index contributed by atoms with van der Waals surface area (Å²) in [4.78, 5) is 14.6. The number of aliphatic hydroxyl groups excluding tert-OH is 1. The van der Waals surface area contributed by atoms with Crippen molar-refractivity contribution in [3.63, 3.8) is 0 Å². The fourth-order valence-electron chi connectivity index (χ4n) is 8.40. The van der Waals surface area contributed by atoms with Crippen molar-refractivity contribution in [1.29, 1.82) is 0 Å². The van der Waals surface area contributed by atoms with Crippen LogP contribution in [0.5, 0.6) is 0 Å². The molecular formula is C40H50N2O5. The van der Waals surface area contributed by atoms with Gasteiger partial charge < -0.3 is 24.6 Å². The molecule has 0 radical (unpaired) electrons. The van der Waals surface area contributed by atoms with E-state index in [2.05, 4.69) is 93.0 Å². The van der Waals surface area contributed by atoms with E-state index >= 15 is 0 Å². The van der Waals surface area contributed by atoms with Crippen LogP contribution in [0.15, 0.2) is 85.5 Å². The van der Waals surface area contributed by atoms with Crippen LogP contribution in [-0.4, -0.2) is 47.9 Å². The van der Waals surface area contributed by atoms with Gasteiger partial charge in [0.05, 0.1) is 18.8 Å². The maximum Gasteiger partial charge on any atom is 0.407 e. The van der Waals surface area contributed by atoms with Crippen molar-refractivity contribution in [3.05, 3.63) is 108 Å². The largest absolute Gasteiger partial charge is 0.445 e. The predicted octanol–water partition coefficient (Wildman–Crippen LogP) is 7.95. The first-order valence-electron chi connectivity index (χ1n) is 17.0. The topological polar surface area (TPSA) is 80.3 Å². The summed E-state index contributed by atoms with van der Waals surface area (Å²) in [6, 6.07) is 25.3. The third kappa shape index (κ3) is 7.81. The van der Waals surface area contributed by atoms with Crippen molar-refractivity contribution in [2.75, 3.05) is 19.7 Å². The number of carbonyl (C=O) groups excluding carboxylic acids is 1. The average molecular weight is 639 g/mol. The number of nitrogens with zero attached hydrogens (tertiary/aromatic N) is 1. The van der Waals surface area contributed by atoms with Gasteiger partial charge in [0.25, 0.3) is 0 Å². The van der Waals surface area contributed by atoms with Crippen LogP contribution < -0.4 is 5.32 Å². The van der Waals surface area contributed by atoms with Crippen molar-refractivity contribution >= 4 is 6.09 Å². The van der Waals surface area contributed by atoms with Crippen LogP contribution in [-0.2, 0) is 27.4 Å². The van der Waals surface area contributed by atoms with E-state index in [1.807, 2.05) is 24.3 Å². The van der Waals surface area contributed by atoms with Gasteiger partial charge in [-0.25, -0.2) is 4.79 Å². The Labute approximate surface area is 279 Å². The van der Waals surface area contributed by atoms with Crippen LogP contribution in [0, 0.1) is 16.7 Å². The van der Waals surface area contributed by atoms with Gasteiger partial charge in [-0.1, -0.05) is 107 Å². The van der Waals surface area contributed by atoms with Crippen molar-refractivity contribution in [1.82, 2.24) is 10.2 Å². The van der Waals surface area contributed by atoms with E-state index < -0.39 is 12.4 Å². The maximum absolute atomic E-state index is 11.9. The molecule has 2 aliphatic heterocycles. The summed E-state index contributed by atoms with van der Waals surface area (Å²) < 4.78 is 18.6. The first-order valence-corrected chi connectivity index (χ1v) is 17.0. The number of aliphatic hydroxyl groups is 1. The molecule has 2 bridgehead atoms. The fourth-order valence-corrected chi connectivity index (χ4v) is 8.40. The Hall–Kier alpha value is -3.49. The standard InChI is InChI=1S/C40H50N2O5/c1-6-18-45-38(44)41-22-29-8-7-9-33(19-29)30-14-16-32(17-15-30)37-46-35(23-42-26-40(5)21-34(42)20-39(3,4)25-40)27(2)36(47-37)31-12-10-28(24-43)11-13-31/h6-17,19,27,34-37,43H,1,18,20-26H2,2-5H3,(H,41,44)/t27-,34?,35+,36+,37+,40?/m0/s1. The molecule has 1 amide bonds. The van der Waals surface area contributed by atoms with E-state index in [9.17, 15) is 9.90 Å². The number of alkyl carbamates (subject to hydrolysis) is 1. The lowest BCUT2D eigenvalue weighted by Crippen LogP contribution is -2.46. The number of nitrogens with one attached hydrogen (secondary N) is 1.